The third-order valence-corrected chi connectivity index (χ3v) is 13.5. The van der Waals surface area contributed by atoms with E-state index >= 15 is 0 Å². The molecule has 5 heteroatoms. The standard InChI is InChI=1S/C63H39N3OS/c1-5-15-40(16-6-1)44-25-27-45(28-26-44)61-64-62(66-63(65-61)55-37-51(43-21-11-4-12-22-43)39-59-60(55)53-23-13-14-24-58(53)68-59)47-29-31-52-54-36-46(30-32-56(54)67-57(52)38-47)50-34-48(41-17-7-2-8-18-41)33-49(35-50)42-19-9-3-10-20-42/h1-39H/i29D,30D,31D,32D,36D,38D. The van der Waals surface area contributed by atoms with Crippen LogP contribution in [0.4, 0.5) is 0 Å². The zero-order chi connectivity index (χ0) is 50.2. The Bertz CT molecular complexity index is 4300. The molecule has 0 spiro atoms. The quantitative estimate of drug-likeness (QED) is 0.152. The SMILES string of the molecule is [2H]c1c(-c2cc(-c3ccccc3)cc(-c3ccccc3)c2)c([2H])c2c(oc3c([2H])c(-c4nc(-c5ccc(-c6ccccc6)cc5)nc(-c5cc(-c6ccccc6)cc6sc7ccccc7c56)n4)c([2H])c([2H])c32)c1[2H]. The maximum Gasteiger partial charge on any atom is 0.164 e. The van der Waals surface area contributed by atoms with Crippen LogP contribution in [0.1, 0.15) is 8.22 Å². The summed E-state index contributed by atoms with van der Waals surface area (Å²) in [5, 5.41) is 2.11. The van der Waals surface area contributed by atoms with Gasteiger partial charge >= 0.3 is 0 Å². The molecule has 0 fully saturated rings. The molecule has 4 nitrogen and oxygen atoms in total. The van der Waals surface area contributed by atoms with Gasteiger partial charge in [0, 0.05) is 47.6 Å². The Balaban J connectivity index is 1.04. The first-order chi connectivity index (χ1) is 36.2. The first-order valence-electron chi connectivity index (χ1n) is 25.3. The largest absolute Gasteiger partial charge is 0.456 e. The van der Waals surface area contributed by atoms with Crippen LogP contribution in [0.3, 0.4) is 0 Å². The van der Waals surface area contributed by atoms with Gasteiger partial charge in [-0.25, -0.2) is 15.0 Å². The lowest BCUT2D eigenvalue weighted by Crippen LogP contribution is -2.00. The predicted molar refractivity (Wildman–Crippen MR) is 283 cm³/mol. The number of rotatable bonds is 8. The number of thiophene rings is 1. The van der Waals surface area contributed by atoms with Gasteiger partial charge in [0.05, 0.1) is 8.22 Å². The number of fused-ring (bicyclic) bond motifs is 6. The first kappa shape index (κ1) is 33.7. The predicted octanol–water partition coefficient (Wildman–Crippen LogP) is 17.5. The van der Waals surface area contributed by atoms with Crippen LogP contribution in [0.25, 0.3) is 132 Å². The summed E-state index contributed by atoms with van der Waals surface area (Å²) in [4.78, 5) is 15.4. The fourth-order valence-electron chi connectivity index (χ4n) is 9.02. The smallest absolute Gasteiger partial charge is 0.164 e. The number of hydrogen-bond acceptors (Lipinski definition) is 5. The van der Waals surface area contributed by atoms with Crippen molar-refractivity contribution in [3.8, 4) is 89.8 Å². The lowest BCUT2D eigenvalue weighted by molar-refractivity contribution is 0.669. The summed E-state index contributed by atoms with van der Waals surface area (Å²) in [5.74, 6) is 0.609. The molecule has 0 amide bonds. The fourth-order valence-corrected chi connectivity index (χ4v) is 10.2. The van der Waals surface area contributed by atoms with Crippen molar-refractivity contribution in [3.63, 3.8) is 0 Å². The van der Waals surface area contributed by atoms with E-state index in [4.69, 9.17) is 19.4 Å². The molecule has 3 heterocycles. The van der Waals surface area contributed by atoms with Gasteiger partial charge in [0.1, 0.15) is 11.2 Å². The molecule has 3 aromatic heterocycles. The van der Waals surface area contributed by atoms with E-state index in [0.29, 0.717) is 22.8 Å². The van der Waals surface area contributed by atoms with Crippen LogP contribution in [0.5, 0.6) is 0 Å². The summed E-state index contributed by atoms with van der Waals surface area (Å²) in [6.07, 6.45) is 0. The van der Waals surface area contributed by atoms with E-state index in [0.717, 1.165) is 70.2 Å². The Kier molecular flexibility index (Phi) is 8.21. The van der Waals surface area contributed by atoms with Crippen molar-refractivity contribution in [2.45, 2.75) is 0 Å². The average Bonchev–Trinajstić information content (AvgIpc) is 4.06. The van der Waals surface area contributed by atoms with Crippen molar-refractivity contribution >= 4 is 53.4 Å². The summed E-state index contributed by atoms with van der Waals surface area (Å²) >= 11 is 1.68. The second kappa shape index (κ2) is 16.6. The van der Waals surface area contributed by atoms with Gasteiger partial charge in [0.15, 0.2) is 17.5 Å². The Morgan fingerprint density at radius 1 is 0.324 bits per heavy atom. The average molecular weight is 892 g/mol. The molecule has 0 aliphatic carbocycles. The minimum atomic E-state index is -0.350. The zero-order valence-corrected chi connectivity index (χ0v) is 37.0. The highest BCUT2D eigenvalue weighted by Crippen LogP contribution is 2.43. The molecule has 0 radical (unpaired) electrons. The monoisotopic (exact) mass is 891 g/mol. The Labute approximate surface area is 405 Å². The van der Waals surface area contributed by atoms with E-state index in [2.05, 4.69) is 42.5 Å². The number of nitrogens with zero attached hydrogens (tertiary/aromatic N) is 3. The highest BCUT2D eigenvalue weighted by molar-refractivity contribution is 7.26. The van der Waals surface area contributed by atoms with Gasteiger partial charge in [0.25, 0.3) is 0 Å². The molecular weight excluding hydrogens is 847 g/mol. The van der Waals surface area contributed by atoms with Gasteiger partial charge in [0.2, 0.25) is 0 Å². The van der Waals surface area contributed by atoms with Crippen LogP contribution in [0.15, 0.2) is 241 Å². The van der Waals surface area contributed by atoms with Crippen molar-refractivity contribution in [3.05, 3.63) is 236 Å². The van der Waals surface area contributed by atoms with E-state index in [1.807, 2.05) is 158 Å². The van der Waals surface area contributed by atoms with Crippen LogP contribution in [0, 0.1) is 0 Å². The lowest BCUT2D eigenvalue weighted by atomic mass is 9.93. The molecular formula is C63H39N3OS. The summed E-state index contributed by atoms with van der Waals surface area (Å²) in [7, 11) is 0. The first-order valence-corrected chi connectivity index (χ1v) is 23.2. The second-order valence-corrected chi connectivity index (χ2v) is 17.7. The van der Waals surface area contributed by atoms with Crippen molar-refractivity contribution in [1.29, 1.82) is 0 Å². The van der Waals surface area contributed by atoms with E-state index in [1.165, 1.54) is 0 Å². The summed E-state index contributed by atoms with van der Waals surface area (Å²) < 4.78 is 66.5. The summed E-state index contributed by atoms with van der Waals surface area (Å²) in [6, 6.07) is 64.6. The number of hydrogen-bond donors (Lipinski definition) is 0. The molecule has 10 aromatic carbocycles. The maximum atomic E-state index is 9.88. The molecule has 0 bridgehead atoms. The van der Waals surface area contributed by atoms with Gasteiger partial charge < -0.3 is 4.42 Å². The Morgan fingerprint density at radius 3 is 1.44 bits per heavy atom. The normalized spacial score (nSPS) is 12.8. The van der Waals surface area contributed by atoms with E-state index in [1.54, 1.807) is 11.3 Å². The highest BCUT2D eigenvalue weighted by atomic mass is 32.1. The number of furan rings is 1. The summed E-state index contributed by atoms with van der Waals surface area (Å²) in [5.41, 5.74) is 9.47. The van der Waals surface area contributed by atoms with Gasteiger partial charge in [-0.2, -0.15) is 0 Å². The van der Waals surface area contributed by atoms with Crippen LogP contribution in [-0.2, 0) is 0 Å². The van der Waals surface area contributed by atoms with E-state index < -0.39 is 0 Å². The minimum Gasteiger partial charge on any atom is -0.456 e. The molecule has 318 valence electrons. The van der Waals surface area contributed by atoms with Gasteiger partial charge in [-0.3, -0.25) is 0 Å². The third kappa shape index (κ3) is 7.23. The third-order valence-electron chi connectivity index (χ3n) is 12.4. The lowest BCUT2D eigenvalue weighted by Gasteiger charge is -2.12. The molecule has 0 saturated carbocycles. The van der Waals surface area contributed by atoms with Crippen LogP contribution in [0.2, 0.25) is 0 Å². The van der Waals surface area contributed by atoms with Crippen molar-refractivity contribution in [2.24, 2.45) is 0 Å². The number of benzene rings is 10. The Morgan fingerprint density at radius 2 is 0.809 bits per heavy atom. The van der Waals surface area contributed by atoms with Gasteiger partial charge in [-0.05, 0) is 116 Å². The molecule has 0 aliphatic heterocycles. The molecule has 0 saturated heterocycles. The second-order valence-electron chi connectivity index (χ2n) is 16.7. The van der Waals surface area contributed by atoms with E-state index in [9.17, 15) is 8.22 Å². The molecule has 0 unspecified atom stereocenters. The maximum absolute atomic E-state index is 9.88. The molecule has 13 rings (SSSR count). The molecule has 68 heavy (non-hydrogen) atoms. The topological polar surface area (TPSA) is 51.8 Å². The molecule has 13 aromatic rings. The van der Waals surface area contributed by atoms with Crippen molar-refractivity contribution < 1.29 is 12.6 Å². The molecule has 0 aliphatic rings. The molecule has 0 atom stereocenters. The highest BCUT2D eigenvalue weighted by Gasteiger charge is 2.20. The fraction of sp³-hybridized carbons (Fsp3) is 0. The van der Waals surface area contributed by atoms with Gasteiger partial charge in [-0.15, -0.1) is 11.3 Å². The van der Waals surface area contributed by atoms with Gasteiger partial charge in [-0.1, -0.05) is 176 Å². The molecule has 0 N–H and O–H groups in total. The number of aromatic nitrogens is 3. The van der Waals surface area contributed by atoms with Crippen molar-refractivity contribution in [2.75, 3.05) is 0 Å². The minimum absolute atomic E-state index is 0.00831. The Hall–Kier alpha value is -8.77. The van der Waals surface area contributed by atoms with Crippen LogP contribution >= 0.6 is 11.3 Å². The van der Waals surface area contributed by atoms with Crippen LogP contribution < -0.4 is 0 Å². The summed E-state index contributed by atoms with van der Waals surface area (Å²) in [6.45, 7) is 0. The van der Waals surface area contributed by atoms with E-state index in [-0.39, 0.29) is 75.1 Å². The zero-order valence-electron chi connectivity index (χ0n) is 42.2. The van der Waals surface area contributed by atoms with Crippen LogP contribution in [-0.4, -0.2) is 15.0 Å². The van der Waals surface area contributed by atoms with Crippen molar-refractivity contribution in [1.82, 2.24) is 15.0 Å².